The summed E-state index contributed by atoms with van der Waals surface area (Å²) in [6.45, 7) is 8.50. The molecule has 1 atom stereocenters. The van der Waals surface area contributed by atoms with Crippen LogP contribution in [0.4, 0.5) is 0 Å². The Bertz CT molecular complexity index is 531. The van der Waals surface area contributed by atoms with Gasteiger partial charge in [0.1, 0.15) is 0 Å². The fraction of sp³-hybridized carbons (Fsp3) is 0.615. The van der Waals surface area contributed by atoms with E-state index in [1.807, 2.05) is 4.68 Å². The van der Waals surface area contributed by atoms with Gasteiger partial charge < -0.3 is 10.1 Å². The maximum absolute atomic E-state index is 5.03. The van der Waals surface area contributed by atoms with Gasteiger partial charge in [-0.3, -0.25) is 0 Å². The number of nitrogens with one attached hydrogen (secondary N) is 1. The van der Waals surface area contributed by atoms with Crippen molar-refractivity contribution >= 4 is 11.3 Å². The highest BCUT2D eigenvalue weighted by Gasteiger charge is 2.15. The molecule has 2 aromatic rings. The molecule has 0 aliphatic carbocycles. The predicted octanol–water partition coefficient (Wildman–Crippen LogP) is 1.70. The van der Waals surface area contributed by atoms with Crippen LogP contribution in [-0.4, -0.2) is 40.5 Å². The Morgan fingerprint density at radius 2 is 2.25 bits per heavy atom. The van der Waals surface area contributed by atoms with Crippen LogP contribution in [0.1, 0.15) is 34.1 Å². The minimum absolute atomic E-state index is 0.0994. The molecule has 0 aliphatic heterocycles. The van der Waals surface area contributed by atoms with Crippen molar-refractivity contribution in [1.82, 2.24) is 25.5 Å². The summed E-state index contributed by atoms with van der Waals surface area (Å²) >= 11 is 1.80. The molecule has 0 aromatic carbocycles. The number of aryl methyl sites for hydroxylation is 2. The lowest BCUT2D eigenvalue weighted by Gasteiger charge is -2.12. The number of aromatic nitrogens is 4. The van der Waals surface area contributed by atoms with Crippen LogP contribution in [0, 0.1) is 13.8 Å². The van der Waals surface area contributed by atoms with E-state index >= 15 is 0 Å². The maximum atomic E-state index is 5.03. The standard InChI is InChI=1S/C13H21N5OS/c1-9-7-12(20-11(9)3)8-18-13(15-16-17-18)10(2)14-5-6-19-4/h7,10,14H,5-6,8H2,1-4H3. The molecule has 0 fully saturated rings. The molecule has 2 heterocycles. The summed E-state index contributed by atoms with van der Waals surface area (Å²) in [6.07, 6.45) is 0. The van der Waals surface area contributed by atoms with Crippen molar-refractivity contribution in [3.05, 3.63) is 27.2 Å². The molecule has 110 valence electrons. The maximum Gasteiger partial charge on any atom is 0.168 e. The van der Waals surface area contributed by atoms with Crippen molar-refractivity contribution in [3.63, 3.8) is 0 Å². The lowest BCUT2D eigenvalue weighted by Crippen LogP contribution is -2.25. The molecule has 1 N–H and O–H groups in total. The van der Waals surface area contributed by atoms with Crippen LogP contribution < -0.4 is 5.32 Å². The first-order valence-corrected chi connectivity index (χ1v) is 7.47. The van der Waals surface area contributed by atoms with Crippen molar-refractivity contribution in [1.29, 1.82) is 0 Å². The first-order chi connectivity index (χ1) is 9.61. The summed E-state index contributed by atoms with van der Waals surface area (Å²) < 4.78 is 6.89. The number of hydrogen-bond donors (Lipinski definition) is 1. The second-order valence-electron chi connectivity index (χ2n) is 4.82. The zero-order valence-electron chi connectivity index (χ0n) is 12.4. The molecule has 1 unspecified atom stereocenters. The van der Waals surface area contributed by atoms with E-state index in [1.54, 1.807) is 18.4 Å². The van der Waals surface area contributed by atoms with Gasteiger partial charge in [0, 0.05) is 23.4 Å². The van der Waals surface area contributed by atoms with E-state index in [0.717, 1.165) is 18.9 Å². The first-order valence-electron chi connectivity index (χ1n) is 6.66. The normalized spacial score (nSPS) is 12.8. The van der Waals surface area contributed by atoms with Gasteiger partial charge in [0.05, 0.1) is 19.2 Å². The number of hydrogen-bond acceptors (Lipinski definition) is 6. The minimum atomic E-state index is 0.0994. The Labute approximate surface area is 123 Å². The Morgan fingerprint density at radius 1 is 1.45 bits per heavy atom. The van der Waals surface area contributed by atoms with Crippen molar-refractivity contribution in [2.24, 2.45) is 0 Å². The van der Waals surface area contributed by atoms with E-state index < -0.39 is 0 Å². The van der Waals surface area contributed by atoms with Crippen molar-refractivity contribution in [2.45, 2.75) is 33.4 Å². The van der Waals surface area contributed by atoms with Gasteiger partial charge in [-0.1, -0.05) is 0 Å². The van der Waals surface area contributed by atoms with Gasteiger partial charge in [0.25, 0.3) is 0 Å². The number of ether oxygens (including phenoxy) is 1. The highest BCUT2D eigenvalue weighted by Crippen LogP contribution is 2.22. The molecule has 2 rings (SSSR count). The number of methoxy groups -OCH3 is 1. The van der Waals surface area contributed by atoms with Crippen LogP contribution in [0.15, 0.2) is 6.07 Å². The summed E-state index contributed by atoms with van der Waals surface area (Å²) in [7, 11) is 1.69. The summed E-state index contributed by atoms with van der Waals surface area (Å²) in [5.41, 5.74) is 1.32. The lowest BCUT2D eigenvalue weighted by molar-refractivity contribution is 0.196. The number of tetrazole rings is 1. The van der Waals surface area contributed by atoms with E-state index in [-0.39, 0.29) is 6.04 Å². The van der Waals surface area contributed by atoms with Gasteiger partial charge in [-0.05, 0) is 42.8 Å². The van der Waals surface area contributed by atoms with Crippen LogP contribution in [0.25, 0.3) is 0 Å². The molecule has 0 aliphatic rings. The van der Waals surface area contributed by atoms with Gasteiger partial charge in [0.15, 0.2) is 5.82 Å². The molecule has 7 heteroatoms. The van der Waals surface area contributed by atoms with Crippen molar-refractivity contribution in [2.75, 3.05) is 20.3 Å². The first kappa shape index (κ1) is 15.1. The summed E-state index contributed by atoms with van der Waals surface area (Å²) in [4.78, 5) is 2.62. The molecule has 0 radical (unpaired) electrons. The lowest BCUT2D eigenvalue weighted by atomic mass is 10.3. The fourth-order valence-electron chi connectivity index (χ4n) is 1.98. The number of nitrogens with zero attached hydrogens (tertiary/aromatic N) is 4. The topological polar surface area (TPSA) is 64.9 Å². The average molecular weight is 295 g/mol. The van der Waals surface area contributed by atoms with Gasteiger partial charge in [-0.25, -0.2) is 4.68 Å². The van der Waals surface area contributed by atoms with Crippen LogP contribution in [0.2, 0.25) is 0 Å². The molecule has 0 saturated heterocycles. The SMILES string of the molecule is COCCNC(C)c1nnnn1Cc1cc(C)c(C)s1. The zero-order chi connectivity index (χ0) is 14.5. The number of rotatable bonds is 7. The molecule has 0 amide bonds. The average Bonchev–Trinajstić information content (AvgIpc) is 2.98. The minimum Gasteiger partial charge on any atom is -0.383 e. The molecule has 0 bridgehead atoms. The summed E-state index contributed by atoms with van der Waals surface area (Å²) in [5.74, 6) is 0.852. The van der Waals surface area contributed by atoms with Crippen LogP contribution in [-0.2, 0) is 11.3 Å². The van der Waals surface area contributed by atoms with Gasteiger partial charge in [-0.2, -0.15) is 0 Å². The predicted molar refractivity (Wildman–Crippen MR) is 79.0 cm³/mol. The quantitative estimate of drug-likeness (QED) is 0.788. The Balaban J connectivity index is 2.04. The monoisotopic (exact) mass is 295 g/mol. The van der Waals surface area contributed by atoms with E-state index in [2.05, 4.69) is 47.7 Å². The van der Waals surface area contributed by atoms with E-state index in [1.165, 1.54) is 15.3 Å². The summed E-state index contributed by atoms with van der Waals surface area (Å²) in [6, 6.07) is 2.30. The highest BCUT2D eigenvalue weighted by molar-refractivity contribution is 7.12. The van der Waals surface area contributed by atoms with Crippen LogP contribution >= 0.6 is 11.3 Å². The molecular weight excluding hydrogens is 274 g/mol. The Hall–Kier alpha value is -1.31. The number of thiophene rings is 1. The third-order valence-electron chi connectivity index (χ3n) is 3.23. The largest absolute Gasteiger partial charge is 0.383 e. The van der Waals surface area contributed by atoms with Crippen LogP contribution in [0.3, 0.4) is 0 Å². The Kier molecular flexibility index (Phi) is 5.22. The third-order valence-corrected chi connectivity index (χ3v) is 4.36. The van der Waals surface area contributed by atoms with Gasteiger partial charge in [0.2, 0.25) is 0 Å². The van der Waals surface area contributed by atoms with E-state index in [4.69, 9.17) is 4.74 Å². The second kappa shape index (κ2) is 6.92. The van der Waals surface area contributed by atoms with Crippen molar-refractivity contribution < 1.29 is 4.74 Å². The van der Waals surface area contributed by atoms with Crippen molar-refractivity contribution in [3.8, 4) is 0 Å². The molecule has 6 nitrogen and oxygen atoms in total. The zero-order valence-corrected chi connectivity index (χ0v) is 13.2. The van der Waals surface area contributed by atoms with Gasteiger partial charge in [-0.15, -0.1) is 16.4 Å². The third kappa shape index (κ3) is 3.62. The van der Waals surface area contributed by atoms with E-state index in [9.17, 15) is 0 Å². The fourth-order valence-corrected chi connectivity index (χ4v) is 3.01. The molecule has 0 saturated carbocycles. The molecule has 2 aromatic heterocycles. The van der Waals surface area contributed by atoms with Gasteiger partial charge >= 0.3 is 0 Å². The smallest absolute Gasteiger partial charge is 0.168 e. The molecule has 0 spiro atoms. The molecule has 20 heavy (non-hydrogen) atoms. The summed E-state index contributed by atoms with van der Waals surface area (Å²) in [5, 5.41) is 15.4. The van der Waals surface area contributed by atoms with Crippen LogP contribution in [0.5, 0.6) is 0 Å². The molecular formula is C13H21N5OS. The second-order valence-corrected chi connectivity index (χ2v) is 6.16. The highest BCUT2D eigenvalue weighted by atomic mass is 32.1. The Morgan fingerprint density at radius 3 is 2.90 bits per heavy atom. The van der Waals surface area contributed by atoms with E-state index in [0.29, 0.717) is 6.61 Å².